The highest BCUT2D eigenvalue weighted by molar-refractivity contribution is 5.83. The molecule has 2 aromatic rings. The summed E-state index contributed by atoms with van der Waals surface area (Å²) in [5.41, 5.74) is 1.09. The van der Waals surface area contributed by atoms with Crippen LogP contribution < -0.4 is 16.0 Å². The highest BCUT2D eigenvalue weighted by atomic mass is 16.3. The van der Waals surface area contributed by atoms with Gasteiger partial charge in [0.2, 0.25) is 5.91 Å². The summed E-state index contributed by atoms with van der Waals surface area (Å²) in [6, 6.07) is 10.1. The van der Waals surface area contributed by atoms with E-state index in [-0.39, 0.29) is 36.8 Å². The van der Waals surface area contributed by atoms with E-state index in [0.717, 1.165) is 18.4 Å². The first-order valence-electron chi connectivity index (χ1n) is 8.14. The minimum absolute atomic E-state index is 0.0417. The highest BCUT2D eigenvalue weighted by Gasteiger charge is 2.09. The van der Waals surface area contributed by atoms with Crippen molar-refractivity contribution in [3.8, 4) is 5.75 Å². The minimum atomic E-state index is -0.383. The van der Waals surface area contributed by atoms with E-state index in [1.807, 2.05) is 19.1 Å². The molecule has 2 rings (SSSR count). The van der Waals surface area contributed by atoms with E-state index in [1.165, 1.54) is 6.26 Å². The van der Waals surface area contributed by atoms with Gasteiger partial charge in [0.1, 0.15) is 11.5 Å². The van der Waals surface area contributed by atoms with Crippen LogP contribution in [0, 0.1) is 0 Å². The van der Waals surface area contributed by atoms with Crippen molar-refractivity contribution in [3.05, 3.63) is 54.0 Å². The summed E-state index contributed by atoms with van der Waals surface area (Å²) in [7, 11) is 0. The van der Waals surface area contributed by atoms with Gasteiger partial charge in [-0.05, 0) is 49.6 Å². The molecule has 4 N–H and O–H groups in total. The van der Waals surface area contributed by atoms with Crippen LogP contribution in [0.15, 0.2) is 47.1 Å². The van der Waals surface area contributed by atoms with Crippen LogP contribution in [0.1, 0.15) is 24.7 Å². The van der Waals surface area contributed by atoms with Crippen LogP contribution in [0.2, 0.25) is 0 Å². The third-order valence-corrected chi connectivity index (χ3v) is 3.63. The van der Waals surface area contributed by atoms with Gasteiger partial charge in [-0.15, -0.1) is 0 Å². The second-order valence-electron chi connectivity index (χ2n) is 5.79. The van der Waals surface area contributed by atoms with Gasteiger partial charge < -0.3 is 25.5 Å². The zero-order valence-electron chi connectivity index (χ0n) is 14.1. The number of rotatable bonds is 8. The Morgan fingerprint density at radius 1 is 1.16 bits per heavy atom. The highest BCUT2D eigenvalue weighted by Crippen LogP contribution is 2.11. The van der Waals surface area contributed by atoms with Crippen molar-refractivity contribution in [1.29, 1.82) is 0 Å². The number of carbonyl (C=O) groups is 2. The quantitative estimate of drug-likeness (QED) is 0.587. The lowest BCUT2D eigenvalue weighted by molar-refractivity contribution is -0.120. The number of phenolic OH excluding ortho intramolecular Hbond substituents is 1. The Morgan fingerprint density at radius 2 is 1.92 bits per heavy atom. The smallest absolute Gasteiger partial charge is 0.315 e. The number of benzene rings is 1. The first-order chi connectivity index (χ1) is 12.0. The Balaban J connectivity index is 1.60. The Bertz CT molecular complexity index is 668. The molecule has 7 heteroatoms. The summed E-state index contributed by atoms with van der Waals surface area (Å²) in [5.74, 6) is 0.601. The first-order valence-corrected chi connectivity index (χ1v) is 8.14. The predicted octanol–water partition coefficient (Wildman–Crippen LogP) is 1.92. The van der Waals surface area contributed by atoms with E-state index >= 15 is 0 Å². The molecule has 1 heterocycles. The molecule has 0 radical (unpaired) electrons. The third kappa shape index (κ3) is 6.99. The molecule has 0 bridgehead atoms. The Morgan fingerprint density at radius 3 is 2.60 bits per heavy atom. The number of amides is 3. The van der Waals surface area contributed by atoms with Gasteiger partial charge in [0.15, 0.2) is 0 Å². The number of nitrogens with one attached hydrogen (secondary N) is 3. The lowest BCUT2D eigenvalue weighted by Gasteiger charge is -2.14. The number of aromatic hydroxyl groups is 1. The summed E-state index contributed by atoms with van der Waals surface area (Å²) < 4.78 is 5.10. The normalized spacial score (nSPS) is 11.6. The second kappa shape index (κ2) is 9.36. The summed E-state index contributed by atoms with van der Waals surface area (Å²) >= 11 is 0. The number of hydrogen-bond acceptors (Lipinski definition) is 4. The molecule has 0 saturated heterocycles. The van der Waals surface area contributed by atoms with E-state index in [2.05, 4.69) is 16.0 Å². The molecule has 1 aromatic heterocycles. The van der Waals surface area contributed by atoms with Crippen molar-refractivity contribution in [2.24, 2.45) is 0 Å². The lowest BCUT2D eigenvalue weighted by atomic mass is 10.1. The molecule has 25 heavy (non-hydrogen) atoms. The fourth-order valence-electron chi connectivity index (χ4n) is 2.21. The Kier molecular flexibility index (Phi) is 6.88. The Hall–Kier alpha value is -2.96. The first kappa shape index (κ1) is 18.4. The molecular weight excluding hydrogens is 322 g/mol. The lowest BCUT2D eigenvalue weighted by Crippen LogP contribution is -2.44. The summed E-state index contributed by atoms with van der Waals surface area (Å²) in [5, 5.41) is 17.2. The maximum absolute atomic E-state index is 11.8. The number of carbonyl (C=O) groups excluding carboxylic acids is 2. The number of furan rings is 1. The van der Waals surface area contributed by atoms with Crippen LogP contribution >= 0.6 is 0 Å². The van der Waals surface area contributed by atoms with Crippen molar-refractivity contribution in [1.82, 2.24) is 16.0 Å². The fourth-order valence-corrected chi connectivity index (χ4v) is 2.21. The van der Waals surface area contributed by atoms with Crippen molar-refractivity contribution in [3.63, 3.8) is 0 Å². The van der Waals surface area contributed by atoms with Gasteiger partial charge in [0, 0.05) is 6.04 Å². The topological polar surface area (TPSA) is 104 Å². The molecule has 134 valence electrons. The van der Waals surface area contributed by atoms with Crippen molar-refractivity contribution < 1.29 is 19.1 Å². The maximum atomic E-state index is 11.8. The molecule has 1 atom stereocenters. The van der Waals surface area contributed by atoms with Crippen LogP contribution in [0.5, 0.6) is 5.75 Å². The van der Waals surface area contributed by atoms with Gasteiger partial charge in [0.25, 0.3) is 0 Å². The van der Waals surface area contributed by atoms with Gasteiger partial charge >= 0.3 is 6.03 Å². The molecular formula is C18H23N3O4. The molecule has 0 aliphatic heterocycles. The third-order valence-electron chi connectivity index (χ3n) is 3.63. The monoisotopic (exact) mass is 345 g/mol. The molecule has 0 fully saturated rings. The van der Waals surface area contributed by atoms with E-state index in [4.69, 9.17) is 4.42 Å². The molecule has 0 saturated carbocycles. The van der Waals surface area contributed by atoms with Gasteiger partial charge in [-0.2, -0.15) is 0 Å². The van der Waals surface area contributed by atoms with E-state index < -0.39 is 0 Å². The van der Waals surface area contributed by atoms with Crippen LogP contribution in [0.25, 0.3) is 0 Å². The zero-order valence-corrected chi connectivity index (χ0v) is 14.1. The molecule has 0 spiro atoms. The Labute approximate surface area is 146 Å². The molecule has 0 aliphatic rings. The van der Waals surface area contributed by atoms with Gasteiger partial charge in [-0.1, -0.05) is 12.1 Å². The van der Waals surface area contributed by atoms with Gasteiger partial charge in [-0.3, -0.25) is 4.79 Å². The SMILES string of the molecule is CC(CCc1ccc(O)cc1)NC(=O)NCC(=O)NCc1ccco1. The van der Waals surface area contributed by atoms with Crippen LogP contribution in [0.3, 0.4) is 0 Å². The van der Waals surface area contributed by atoms with E-state index in [1.54, 1.807) is 24.3 Å². The zero-order chi connectivity index (χ0) is 18.1. The van der Waals surface area contributed by atoms with E-state index in [0.29, 0.717) is 5.76 Å². The average molecular weight is 345 g/mol. The molecule has 3 amide bonds. The molecule has 0 aliphatic carbocycles. The number of hydrogen-bond donors (Lipinski definition) is 4. The standard InChI is InChI=1S/C18H23N3O4/c1-13(4-5-14-6-8-15(22)9-7-14)21-18(24)20-12-17(23)19-11-16-3-2-10-25-16/h2-3,6-10,13,22H,4-5,11-12H2,1H3,(H,19,23)(H2,20,21,24). The van der Waals surface area contributed by atoms with Crippen LogP contribution in [-0.4, -0.2) is 29.6 Å². The van der Waals surface area contributed by atoms with Crippen molar-refractivity contribution in [2.45, 2.75) is 32.4 Å². The summed E-state index contributed by atoms with van der Waals surface area (Å²) in [4.78, 5) is 23.4. The van der Waals surface area contributed by atoms with Gasteiger partial charge in [-0.25, -0.2) is 4.79 Å². The van der Waals surface area contributed by atoms with Crippen LogP contribution in [0.4, 0.5) is 4.79 Å². The average Bonchev–Trinajstić information content (AvgIpc) is 3.11. The minimum Gasteiger partial charge on any atom is -0.508 e. The van der Waals surface area contributed by atoms with Crippen molar-refractivity contribution >= 4 is 11.9 Å². The predicted molar refractivity (Wildman–Crippen MR) is 93.0 cm³/mol. The molecule has 1 aromatic carbocycles. The largest absolute Gasteiger partial charge is 0.508 e. The van der Waals surface area contributed by atoms with Crippen LogP contribution in [-0.2, 0) is 17.8 Å². The van der Waals surface area contributed by atoms with Crippen molar-refractivity contribution in [2.75, 3.05) is 6.54 Å². The summed E-state index contributed by atoms with van der Waals surface area (Å²) in [6.45, 7) is 2.09. The second-order valence-corrected chi connectivity index (χ2v) is 5.79. The molecule has 1 unspecified atom stereocenters. The van der Waals surface area contributed by atoms with E-state index in [9.17, 15) is 14.7 Å². The maximum Gasteiger partial charge on any atom is 0.315 e. The summed E-state index contributed by atoms with van der Waals surface area (Å²) in [6.07, 6.45) is 3.07. The fraction of sp³-hybridized carbons (Fsp3) is 0.333. The number of phenols is 1. The number of urea groups is 1. The van der Waals surface area contributed by atoms with Gasteiger partial charge in [0.05, 0.1) is 19.4 Å². The molecule has 7 nitrogen and oxygen atoms in total. The number of aryl methyl sites for hydroxylation is 1.